The van der Waals surface area contributed by atoms with Crippen molar-refractivity contribution in [2.75, 3.05) is 0 Å². The summed E-state index contributed by atoms with van der Waals surface area (Å²) in [4.78, 5) is 31.4. The molecule has 7 nitrogen and oxygen atoms in total. The molecule has 0 aromatic rings. The van der Waals surface area contributed by atoms with Crippen LogP contribution in [0.1, 0.15) is 40.0 Å². The number of hydrogen-bond acceptors (Lipinski definition) is 4. The van der Waals surface area contributed by atoms with Gasteiger partial charge in [0.15, 0.2) is 0 Å². The molecule has 0 heterocycles. The molecule has 0 saturated heterocycles. The fourth-order valence-corrected chi connectivity index (χ4v) is 0.296. The average Bonchev–Trinajstić information content (AvgIpc) is 2.01. The van der Waals surface area contributed by atoms with Crippen molar-refractivity contribution in [3.63, 3.8) is 0 Å². The first-order chi connectivity index (χ1) is 7.04. The number of carbonyl (C=O) groups excluding carboxylic acids is 1. The van der Waals surface area contributed by atoms with Crippen molar-refractivity contribution in [1.82, 2.24) is 0 Å². The van der Waals surface area contributed by atoms with Crippen LogP contribution in [0, 0.1) is 0 Å². The molecule has 0 rings (SSSR count). The Morgan fingerprint density at radius 3 is 1.56 bits per heavy atom. The Hall–Kier alpha value is -0.300. The van der Waals surface area contributed by atoms with Gasteiger partial charge in [-0.05, 0) is 13.3 Å². The van der Waals surface area contributed by atoms with E-state index in [4.69, 9.17) is 30.1 Å². The summed E-state index contributed by atoms with van der Waals surface area (Å²) < 4.78 is 8.88. The highest BCUT2D eigenvalue weighted by Crippen LogP contribution is 2.25. The third kappa shape index (κ3) is 100. The number of nitrogens with two attached hydrogens (primary N) is 1. The minimum absolute atomic E-state index is 0.255. The van der Waals surface area contributed by atoms with Gasteiger partial charge in [0, 0.05) is 6.42 Å². The van der Waals surface area contributed by atoms with Crippen LogP contribution in [-0.2, 0) is 9.36 Å². The maximum Gasteiger partial charge on any atom is 0.466 e. The fraction of sp³-hybridized carbons (Fsp3) is 0.875. The molecular formula is C8H22NO6P. The summed E-state index contributed by atoms with van der Waals surface area (Å²) in [7, 11) is -4.64. The second-order valence-corrected chi connectivity index (χ2v) is 3.95. The van der Waals surface area contributed by atoms with Crippen LogP contribution < -0.4 is 5.73 Å². The summed E-state index contributed by atoms with van der Waals surface area (Å²) in [5.41, 5.74) is 4.96. The van der Waals surface area contributed by atoms with Crippen LogP contribution in [0.4, 0.5) is 0 Å². The van der Waals surface area contributed by atoms with Crippen LogP contribution in [0.3, 0.4) is 0 Å². The molecule has 0 spiro atoms. The number of aliphatic hydroxyl groups excluding tert-OH is 1. The summed E-state index contributed by atoms with van der Waals surface area (Å²) in [5, 5.41) is 8.33. The van der Waals surface area contributed by atoms with Gasteiger partial charge in [0.1, 0.15) is 12.0 Å². The van der Waals surface area contributed by atoms with E-state index in [1.165, 1.54) is 0 Å². The molecule has 0 aliphatic rings. The highest BCUT2D eigenvalue weighted by molar-refractivity contribution is 7.45. The standard InChI is InChI=1S/C4H11NO.C4H8O.H3O4P/c1-2-3-4(5)6;1-3-4(2)5;1-5(2,3)4/h4,6H,2-3,5H2,1H3;3H2,1-2H3;(H3,1,2,3,4). The number of phosphoric acid groups is 1. The van der Waals surface area contributed by atoms with Gasteiger partial charge in [-0.1, -0.05) is 20.3 Å². The molecule has 100 valence electrons. The molecule has 0 bridgehead atoms. The van der Waals surface area contributed by atoms with E-state index in [-0.39, 0.29) is 5.78 Å². The van der Waals surface area contributed by atoms with E-state index in [9.17, 15) is 4.79 Å². The maximum absolute atomic E-state index is 9.81. The normalized spacial score (nSPS) is 11.5. The lowest BCUT2D eigenvalue weighted by Gasteiger charge is -1.96. The molecule has 0 saturated carbocycles. The number of aliphatic hydroxyl groups is 1. The summed E-state index contributed by atoms with van der Waals surface area (Å²) in [6.07, 6.45) is 1.73. The minimum Gasteiger partial charge on any atom is -0.379 e. The SMILES string of the molecule is CCC(C)=O.CCCC(N)O.O=P(O)(O)O. The number of rotatable bonds is 3. The van der Waals surface area contributed by atoms with Gasteiger partial charge in [-0.3, -0.25) is 0 Å². The van der Waals surface area contributed by atoms with Gasteiger partial charge in [0.05, 0.1) is 0 Å². The smallest absolute Gasteiger partial charge is 0.379 e. The number of hydrogen-bond donors (Lipinski definition) is 5. The minimum atomic E-state index is -4.64. The zero-order valence-corrected chi connectivity index (χ0v) is 10.7. The second kappa shape index (κ2) is 12.8. The molecule has 16 heavy (non-hydrogen) atoms. The molecule has 0 aliphatic carbocycles. The van der Waals surface area contributed by atoms with E-state index >= 15 is 0 Å². The predicted octanol–water partition coefficient (Wildman–Crippen LogP) is 0.120. The number of carbonyl (C=O) groups is 1. The van der Waals surface area contributed by atoms with Gasteiger partial charge in [0.2, 0.25) is 0 Å². The Kier molecular flexibility index (Phi) is 16.8. The van der Waals surface area contributed by atoms with Gasteiger partial charge in [-0.2, -0.15) is 0 Å². The molecule has 6 N–H and O–H groups in total. The van der Waals surface area contributed by atoms with Gasteiger partial charge in [0.25, 0.3) is 0 Å². The summed E-state index contributed by atoms with van der Waals surface area (Å²) in [6.45, 7) is 5.42. The third-order valence-corrected chi connectivity index (χ3v) is 1.08. The van der Waals surface area contributed by atoms with E-state index in [2.05, 4.69) is 0 Å². The van der Waals surface area contributed by atoms with Crippen molar-refractivity contribution in [2.24, 2.45) is 5.73 Å². The molecule has 0 aromatic carbocycles. The molecule has 0 fully saturated rings. The van der Waals surface area contributed by atoms with Crippen LogP contribution in [0.2, 0.25) is 0 Å². The van der Waals surface area contributed by atoms with Crippen molar-refractivity contribution in [3.05, 3.63) is 0 Å². The van der Waals surface area contributed by atoms with E-state index in [1.54, 1.807) is 6.92 Å². The first kappa shape index (κ1) is 21.0. The molecule has 0 amide bonds. The van der Waals surface area contributed by atoms with Crippen LogP contribution >= 0.6 is 7.82 Å². The van der Waals surface area contributed by atoms with Crippen molar-refractivity contribution < 1.29 is 29.1 Å². The lowest BCUT2D eigenvalue weighted by atomic mass is 10.3. The molecular weight excluding hydrogens is 237 g/mol. The highest BCUT2D eigenvalue weighted by atomic mass is 31.2. The Morgan fingerprint density at radius 1 is 1.31 bits per heavy atom. The highest BCUT2D eigenvalue weighted by Gasteiger charge is 2.00. The van der Waals surface area contributed by atoms with E-state index in [0.29, 0.717) is 12.8 Å². The van der Waals surface area contributed by atoms with Gasteiger partial charge in [-0.15, -0.1) is 0 Å². The quantitative estimate of drug-likeness (QED) is 0.358. The predicted molar refractivity (Wildman–Crippen MR) is 60.3 cm³/mol. The first-order valence-corrected chi connectivity index (χ1v) is 6.32. The Balaban J connectivity index is -0.000000160. The molecule has 1 atom stereocenters. The third-order valence-electron chi connectivity index (χ3n) is 1.08. The molecule has 0 aromatic heterocycles. The first-order valence-electron chi connectivity index (χ1n) is 4.75. The van der Waals surface area contributed by atoms with Gasteiger partial charge >= 0.3 is 7.82 Å². The molecule has 8 heteroatoms. The van der Waals surface area contributed by atoms with Crippen LogP contribution in [0.15, 0.2) is 0 Å². The van der Waals surface area contributed by atoms with Crippen molar-refractivity contribution in [2.45, 2.75) is 46.3 Å². The zero-order valence-electron chi connectivity index (χ0n) is 9.83. The monoisotopic (exact) mass is 259 g/mol. The van der Waals surface area contributed by atoms with E-state index < -0.39 is 14.1 Å². The number of ketones is 1. The maximum atomic E-state index is 9.81. The molecule has 0 radical (unpaired) electrons. The van der Waals surface area contributed by atoms with Crippen LogP contribution in [-0.4, -0.2) is 31.8 Å². The van der Waals surface area contributed by atoms with Crippen molar-refractivity contribution in [1.29, 1.82) is 0 Å². The largest absolute Gasteiger partial charge is 0.466 e. The number of Topliss-reactive ketones (excluding diaryl/α,β-unsaturated/α-hetero) is 1. The lowest BCUT2D eigenvalue weighted by Crippen LogP contribution is -2.17. The fourth-order valence-electron chi connectivity index (χ4n) is 0.296. The zero-order chi connectivity index (χ0) is 13.8. The summed E-state index contributed by atoms with van der Waals surface area (Å²) >= 11 is 0. The summed E-state index contributed by atoms with van der Waals surface area (Å²) in [5.74, 6) is 0.255. The van der Waals surface area contributed by atoms with Crippen LogP contribution in [0.25, 0.3) is 0 Å². The second-order valence-electron chi connectivity index (χ2n) is 2.92. The van der Waals surface area contributed by atoms with E-state index in [0.717, 1.165) is 6.42 Å². The summed E-state index contributed by atoms with van der Waals surface area (Å²) in [6, 6.07) is 0. The Bertz CT molecular complexity index is 194. The lowest BCUT2D eigenvalue weighted by molar-refractivity contribution is -0.116. The van der Waals surface area contributed by atoms with Gasteiger partial charge < -0.3 is 30.3 Å². The van der Waals surface area contributed by atoms with Crippen molar-refractivity contribution in [3.8, 4) is 0 Å². The topological polar surface area (TPSA) is 141 Å². The van der Waals surface area contributed by atoms with Crippen molar-refractivity contribution >= 4 is 13.6 Å². The van der Waals surface area contributed by atoms with Crippen LogP contribution in [0.5, 0.6) is 0 Å². The average molecular weight is 259 g/mol. The molecule has 0 aliphatic heterocycles. The van der Waals surface area contributed by atoms with Gasteiger partial charge in [-0.25, -0.2) is 4.57 Å². The Morgan fingerprint density at radius 2 is 1.56 bits per heavy atom. The Labute approximate surface area is 95.5 Å². The molecule has 1 unspecified atom stereocenters. The van der Waals surface area contributed by atoms with E-state index in [1.807, 2.05) is 13.8 Å².